The number of benzene rings is 1. The molecular weight excluding hydrogens is 346 g/mol. The van der Waals surface area contributed by atoms with Gasteiger partial charge in [0.15, 0.2) is 11.5 Å². The zero-order valence-corrected chi connectivity index (χ0v) is 15.3. The van der Waals surface area contributed by atoms with E-state index >= 15 is 0 Å². The first-order chi connectivity index (χ1) is 13.2. The summed E-state index contributed by atoms with van der Waals surface area (Å²) in [5.41, 5.74) is 1.53. The SMILES string of the molecule is CCCCCNC(=O)c1cc(C(=O)NCc2ccc3c(c2)OCO3)ccn1. The summed E-state index contributed by atoms with van der Waals surface area (Å²) in [5.74, 6) is 0.841. The van der Waals surface area contributed by atoms with E-state index < -0.39 is 0 Å². The van der Waals surface area contributed by atoms with Gasteiger partial charge in [-0.25, -0.2) is 0 Å². The van der Waals surface area contributed by atoms with E-state index in [9.17, 15) is 9.59 Å². The van der Waals surface area contributed by atoms with Crippen LogP contribution in [-0.4, -0.2) is 30.1 Å². The highest BCUT2D eigenvalue weighted by Crippen LogP contribution is 2.32. The number of nitrogens with zero attached hydrogens (tertiary/aromatic N) is 1. The molecule has 2 aromatic rings. The van der Waals surface area contributed by atoms with E-state index in [0.29, 0.717) is 30.2 Å². The molecule has 3 rings (SSSR count). The average Bonchev–Trinajstić information content (AvgIpc) is 3.17. The fourth-order valence-corrected chi connectivity index (χ4v) is 2.70. The molecule has 0 fully saturated rings. The van der Waals surface area contributed by atoms with Crippen LogP contribution in [0, 0.1) is 0 Å². The highest BCUT2D eigenvalue weighted by Gasteiger charge is 2.14. The van der Waals surface area contributed by atoms with Crippen molar-refractivity contribution in [1.82, 2.24) is 15.6 Å². The lowest BCUT2D eigenvalue weighted by Crippen LogP contribution is -2.27. The van der Waals surface area contributed by atoms with Crippen LogP contribution in [0.25, 0.3) is 0 Å². The first-order valence-electron chi connectivity index (χ1n) is 9.08. The first-order valence-corrected chi connectivity index (χ1v) is 9.08. The second-order valence-electron chi connectivity index (χ2n) is 6.26. The van der Waals surface area contributed by atoms with Crippen LogP contribution in [-0.2, 0) is 6.54 Å². The maximum Gasteiger partial charge on any atom is 0.269 e. The van der Waals surface area contributed by atoms with Crippen molar-refractivity contribution in [3.63, 3.8) is 0 Å². The highest BCUT2D eigenvalue weighted by molar-refractivity contribution is 5.98. The minimum atomic E-state index is -0.268. The van der Waals surface area contributed by atoms with Crippen LogP contribution in [0.5, 0.6) is 11.5 Å². The number of unbranched alkanes of at least 4 members (excludes halogenated alkanes) is 2. The molecule has 7 nitrogen and oxygen atoms in total. The molecule has 2 N–H and O–H groups in total. The summed E-state index contributed by atoms with van der Waals surface area (Å²) in [6.07, 6.45) is 4.55. The van der Waals surface area contributed by atoms with Crippen molar-refractivity contribution in [3.05, 3.63) is 53.3 Å². The third-order valence-electron chi connectivity index (χ3n) is 4.21. The Kier molecular flexibility index (Phi) is 6.25. The first kappa shape index (κ1) is 18.7. The van der Waals surface area contributed by atoms with E-state index in [0.717, 1.165) is 24.8 Å². The maximum atomic E-state index is 12.4. The standard InChI is InChI=1S/C20H23N3O4/c1-2-3-4-8-22-20(25)16-11-15(7-9-21-16)19(24)23-12-14-5-6-17-18(10-14)27-13-26-17/h5-7,9-11H,2-4,8,12-13H2,1H3,(H,22,25)(H,23,24). The zero-order valence-electron chi connectivity index (χ0n) is 15.3. The summed E-state index contributed by atoms with van der Waals surface area (Å²) in [4.78, 5) is 28.6. The van der Waals surface area contributed by atoms with Gasteiger partial charge in [0, 0.05) is 24.8 Å². The topological polar surface area (TPSA) is 89.6 Å². The average molecular weight is 369 g/mol. The molecule has 142 valence electrons. The molecule has 1 aliphatic rings. The lowest BCUT2D eigenvalue weighted by molar-refractivity contribution is 0.0948. The number of ether oxygens (including phenoxy) is 2. The number of hydrogen-bond donors (Lipinski definition) is 2. The second-order valence-corrected chi connectivity index (χ2v) is 6.26. The molecule has 0 saturated carbocycles. The number of amides is 2. The minimum absolute atomic E-state index is 0.214. The van der Waals surface area contributed by atoms with E-state index in [4.69, 9.17) is 9.47 Å². The third kappa shape index (κ3) is 4.97. The fraction of sp³-hybridized carbons (Fsp3) is 0.350. The van der Waals surface area contributed by atoms with Crippen LogP contribution in [0.3, 0.4) is 0 Å². The lowest BCUT2D eigenvalue weighted by atomic mass is 10.1. The van der Waals surface area contributed by atoms with Gasteiger partial charge in [-0.2, -0.15) is 0 Å². The number of carbonyl (C=O) groups excluding carboxylic acids is 2. The van der Waals surface area contributed by atoms with Gasteiger partial charge in [-0.1, -0.05) is 25.8 Å². The van der Waals surface area contributed by atoms with Crippen LogP contribution in [0.1, 0.15) is 52.6 Å². The summed E-state index contributed by atoms with van der Waals surface area (Å²) in [6, 6.07) is 8.62. The maximum absolute atomic E-state index is 12.4. The van der Waals surface area contributed by atoms with Crippen LogP contribution in [0.15, 0.2) is 36.5 Å². The van der Waals surface area contributed by atoms with Gasteiger partial charge in [-0.05, 0) is 36.2 Å². The minimum Gasteiger partial charge on any atom is -0.454 e. The van der Waals surface area contributed by atoms with Crippen molar-refractivity contribution >= 4 is 11.8 Å². The summed E-state index contributed by atoms with van der Waals surface area (Å²) in [6.45, 7) is 3.27. The van der Waals surface area contributed by atoms with Crippen LogP contribution >= 0.6 is 0 Å². The van der Waals surface area contributed by atoms with Gasteiger partial charge in [0.2, 0.25) is 6.79 Å². The normalized spacial score (nSPS) is 11.9. The molecular formula is C20H23N3O4. The number of nitrogens with one attached hydrogen (secondary N) is 2. The number of hydrogen-bond acceptors (Lipinski definition) is 5. The Morgan fingerprint density at radius 1 is 1.04 bits per heavy atom. The summed E-state index contributed by atoms with van der Waals surface area (Å²) >= 11 is 0. The Morgan fingerprint density at radius 2 is 1.89 bits per heavy atom. The third-order valence-corrected chi connectivity index (χ3v) is 4.21. The van der Waals surface area contributed by atoms with Crippen molar-refractivity contribution in [2.75, 3.05) is 13.3 Å². The van der Waals surface area contributed by atoms with Gasteiger partial charge in [0.05, 0.1) is 0 Å². The van der Waals surface area contributed by atoms with Crippen LogP contribution in [0.4, 0.5) is 0 Å². The fourth-order valence-electron chi connectivity index (χ4n) is 2.70. The van der Waals surface area contributed by atoms with Crippen molar-refractivity contribution in [3.8, 4) is 11.5 Å². The number of aromatic nitrogens is 1. The molecule has 0 saturated heterocycles. The molecule has 7 heteroatoms. The van der Waals surface area contributed by atoms with Gasteiger partial charge in [-0.3, -0.25) is 14.6 Å². The van der Waals surface area contributed by atoms with Crippen LogP contribution < -0.4 is 20.1 Å². The van der Waals surface area contributed by atoms with Crippen molar-refractivity contribution in [2.24, 2.45) is 0 Å². The number of carbonyl (C=O) groups is 2. The van der Waals surface area contributed by atoms with E-state index in [1.54, 1.807) is 6.07 Å². The largest absolute Gasteiger partial charge is 0.454 e. The predicted molar refractivity (Wildman–Crippen MR) is 99.8 cm³/mol. The molecule has 1 aromatic carbocycles. The molecule has 0 unspecified atom stereocenters. The van der Waals surface area contributed by atoms with E-state index in [1.807, 2.05) is 18.2 Å². The van der Waals surface area contributed by atoms with E-state index in [1.165, 1.54) is 12.3 Å². The summed E-state index contributed by atoms with van der Waals surface area (Å²) in [5, 5.41) is 5.66. The van der Waals surface area contributed by atoms with Gasteiger partial charge >= 0.3 is 0 Å². The van der Waals surface area contributed by atoms with Crippen molar-refractivity contribution in [1.29, 1.82) is 0 Å². The Bertz CT molecular complexity index is 823. The van der Waals surface area contributed by atoms with Gasteiger partial charge in [0.25, 0.3) is 11.8 Å². The van der Waals surface area contributed by atoms with E-state index in [-0.39, 0.29) is 24.3 Å². The lowest BCUT2D eigenvalue weighted by Gasteiger charge is -2.08. The molecule has 1 aromatic heterocycles. The molecule has 0 aliphatic carbocycles. The molecule has 0 atom stereocenters. The predicted octanol–water partition coefficient (Wildman–Crippen LogP) is 2.66. The van der Waals surface area contributed by atoms with Gasteiger partial charge in [-0.15, -0.1) is 0 Å². The Balaban J connectivity index is 1.56. The molecule has 0 spiro atoms. The summed E-state index contributed by atoms with van der Waals surface area (Å²) in [7, 11) is 0. The molecule has 1 aliphatic heterocycles. The van der Waals surface area contributed by atoms with Gasteiger partial charge in [0.1, 0.15) is 5.69 Å². The molecule has 0 radical (unpaired) electrons. The molecule has 0 bridgehead atoms. The van der Waals surface area contributed by atoms with Crippen molar-refractivity contribution < 1.29 is 19.1 Å². The second kappa shape index (κ2) is 9.02. The molecule has 2 amide bonds. The zero-order chi connectivity index (χ0) is 19.1. The Labute approximate surface area is 158 Å². The Hall–Kier alpha value is -3.09. The number of fused-ring (bicyclic) bond motifs is 1. The van der Waals surface area contributed by atoms with Gasteiger partial charge < -0.3 is 20.1 Å². The smallest absolute Gasteiger partial charge is 0.269 e. The quantitative estimate of drug-likeness (QED) is 0.698. The van der Waals surface area contributed by atoms with Crippen LogP contribution in [0.2, 0.25) is 0 Å². The molecule has 2 heterocycles. The van der Waals surface area contributed by atoms with E-state index in [2.05, 4.69) is 22.5 Å². The number of pyridine rings is 1. The van der Waals surface area contributed by atoms with Crippen molar-refractivity contribution in [2.45, 2.75) is 32.7 Å². The summed E-state index contributed by atoms with van der Waals surface area (Å²) < 4.78 is 10.6. The highest BCUT2D eigenvalue weighted by atomic mass is 16.7. The Morgan fingerprint density at radius 3 is 2.74 bits per heavy atom. The molecule has 27 heavy (non-hydrogen) atoms. The number of rotatable bonds is 8. The monoisotopic (exact) mass is 369 g/mol.